The molecule has 3 aromatic heterocycles. The smallest absolute Gasteiger partial charge is 0.277 e. The minimum atomic E-state index is -0.236. The van der Waals surface area contributed by atoms with Gasteiger partial charge in [-0.15, -0.1) is 0 Å². The maximum Gasteiger partial charge on any atom is 0.277 e. The van der Waals surface area contributed by atoms with Gasteiger partial charge in [0.1, 0.15) is 5.69 Å². The third-order valence-corrected chi connectivity index (χ3v) is 2.54. The SMILES string of the molecule is O=c1[nH]c(-c2ccsn2)nc2nc[nH]c12. The second kappa shape index (κ2) is 2.99. The van der Waals surface area contributed by atoms with Crippen LogP contribution in [-0.2, 0) is 0 Å². The van der Waals surface area contributed by atoms with Gasteiger partial charge in [-0.05, 0) is 17.6 Å². The average Bonchev–Trinajstić information content (AvgIpc) is 2.88. The van der Waals surface area contributed by atoms with Gasteiger partial charge < -0.3 is 9.97 Å². The fraction of sp³-hybridized carbons (Fsp3) is 0. The number of rotatable bonds is 1. The number of nitrogens with one attached hydrogen (secondary N) is 2. The van der Waals surface area contributed by atoms with Crippen molar-refractivity contribution in [3.63, 3.8) is 0 Å². The van der Waals surface area contributed by atoms with E-state index in [9.17, 15) is 4.79 Å². The molecule has 0 aliphatic heterocycles. The summed E-state index contributed by atoms with van der Waals surface area (Å²) in [5, 5.41) is 1.82. The van der Waals surface area contributed by atoms with Crippen molar-refractivity contribution in [3.05, 3.63) is 28.1 Å². The van der Waals surface area contributed by atoms with Crippen LogP contribution in [0.4, 0.5) is 0 Å². The lowest BCUT2D eigenvalue weighted by molar-refractivity contribution is 1.15. The molecule has 6 nitrogen and oxygen atoms in total. The molecule has 0 unspecified atom stereocenters. The van der Waals surface area contributed by atoms with Crippen LogP contribution in [-0.4, -0.2) is 24.3 Å². The summed E-state index contributed by atoms with van der Waals surface area (Å²) in [6.45, 7) is 0. The number of fused-ring (bicyclic) bond motifs is 1. The lowest BCUT2D eigenvalue weighted by Gasteiger charge is -1.94. The van der Waals surface area contributed by atoms with Gasteiger partial charge in [-0.2, -0.15) is 4.37 Å². The van der Waals surface area contributed by atoms with Gasteiger partial charge in [0.25, 0.3) is 5.56 Å². The van der Waals surface area contributed by atoms with Crippen molar-refractivity contribution in [2.75, 3.05) is 0 Å². The van der Waals surface area contributed by atoms with Crippen molar-refractivity contribution in [2.45, 2.75) is 0 Å². The zero-order valence-electron chi connectivity index (χ0n) is 7.39. The minimum absolute atomic E-state index is 0.236. The van der Waals surface area contributed by atoms with E-state index in [1.165, 1.54) is 17.9 Å². The highest BCUT2D eigenvalue weighted by Gasteiger charge is 2.08. The van der Waals surface area contributed by atoms with E-state index in [2.05, 4.69) is 24.3 Å². The molecule has 0 radical (unpaired) electrons. The highest BCUT2D eigenvalue weighted by atomic mass is 32.1. The van der Waals surface area contributed by atoms with Gasteiger partial charge in [-0.3, -0.25) is 4.79 Å². The Morgan fingerprint density at radius 1 is 1.40 bits per heavy atom. The largest absolute Gasteiger partial charge is 0.339 e. The van der Waals surface area contributed by atoms with Crippen molar-refractivity contribution < 1.29 is 0 Å². The molecule has 0 aromatic carbocycles. The molecule has 2 N–H and O–H groups in total. The Balaban J connectivity index is 2.34. The van der Waals surface area contributed by atoms with E-state index in [4.69, 9.17) is 0 Å². The molecule has 0 bridgehead atoms. The molecule has 0 amide bonds. The summed E-state index contributed by atoms with van der Waals surface area (Å²) < 4.78 is 4.09. The van der Waals surface area contributed by atoms with Crippen molar-refractivity contribution in [3.8, 4) is 11.5 Å². The topological polar surface area (TPSA) is 87.3 Å². The molecule has 0 atom stereocenters. The van der Waals surface area contributed by atoms with Crippen molar-refractivity contribution >= 4 is 22.7 Å². The lowest BCUT2D eigenvalue weighted by Crippen LogP contribution is -2.09. The first-order chi connectivity index (χ1) is 7.34. The molecule has 3 aromatic rings. The molecular weight excluding hydrogens is 214 g/mol. The molecule has 15 heavy (non-hydrogen) atoms. The molecule has 7 heteroatoms. The van der Waals surface area contributed by atoms with Crippen molar-refractivity contribution in [1.82, 2.24) is 24.3 Å². The number of hydrogen-bond acceptors (Lipinski definition) is 5. The Kier molecular flexibility index (Phi) is 1.65. The van der Waals surface area contributed by atoms with Crippen LogP contribution < -0.4 is 5.56 Å². The lowest BCUT2D eigenvalue weighted by atomic mass is 10.4. The quantitative estimate of drug-likeness (QED) is 0.632. The first-order valence-corrected chi connectivity index (χ1v) is 5.02. The number of H-pyrrole nitrogens is 2. The summed E-state index contributed by atoms with van der Waals surface area (Å²) in [6.07, 6.45) is 1.44. The number of hydrogen-bond donors (Lipinski definition) is 2. The highest BCUT2D eigenvalue weighted by molar-refractivity contribution is 7.03. The van der Waals surface area contributed by atoms with Crippen molar-refractivity contribution in [1.29, 1.82) is 0 Å². The van der Waals surface area contributed by atoms with Crippen molar-refractivity contribution in [2.24, 2.45) is 0 Å². The van der Waals surface area contributed by atoms with E-state index in [1.54, 1.807) is 6.07 Å². The Hall–Kier alpha value is -2.02. The monoisotopic (exact) mass is 219 g/mol. The highest BCUT2D eigenvalue weighted by Crippen LogP contribution is 2.13. The van der Waals surface area contributed by atoms with E-state index in [-0.39, 0.29) is 5.56 Å². The van der Waals surface area contributed by atoms with Gasteiger partial charge in [0.2, 0.25) is 0 Å². The Morgan fingerprint density at radius 2 is 2.33 bits per heavy atom. The molecule has 0 saturated heterocycles. The van der Waals surface area contributed by atoms with E-state index >= 15 is 0 Å². The maximum atomic E-state index is 11.6. The summed E-state index contributed by atoms with van der Waals surface area (Å²) in [5.41, 5.74) is 1.21. The van der Waals surface area contributed by atoms with Crippen LogP contribution in [0.5, 0.6) is 0 Å². The second-order valence-corrected chi connectivity index (χ2v) is 3.57. The summed E-state index contributed by atoms with van der Waals surface area (Å²) >= 11 is 1.31. The first-order valence-electron chi connectivity index (χ1n) is 4.19. The molecular formula is C8H5N5OS. The van der Waals surface area contributed by atoms with Crippen LogP contribution in [0.2, 0.25) is 0 Å². The van der Waals surface area contributed by atoms with Gasteiger partial charge >= 0.3 is 0 Å². The fourth-order valence-corrected chi connectivity index (χ4v) is 1.81. The Bertz CT molecular complexity index is 653. The molecule has 0 fully saturated rings. The van der Waals surface area contributed by atoms with Crippen LogP contribution >= 0.6 is 11.5 Å². The van der Waals surface area contributed by atoms with Crippen LogP contribution in [0, 0.1) is 0 Å². The normalized spacial score (nSPS) is 10.9. The molecule has 0 saturated carbocycles. The first kappa shape index (κ1) is 8.30. The summed E-state index contributed by atoms with van der Waals surface area (Å²) in [5.74, 6) is 0.445. The van der Waals surface area contributed by atoms with Gasteiger partial charge in [-0.1, -0.05) is 0 Å². The summed E-state index contributed by atoms with van der Waals surface area (Å²) in [4.78, 5) is 25.1. The zero-order valence-corrected chi connectivity index (χ0v) is 8.21. The average molecular weight is 219 g/mol. The van der Waals surface area contributed by atoms with Crippen LogP contribution in [0.25, 0.3) is 22.7 Å². The number of imidazole rings is 1. The molecule has 0 aliphatic carbocycles. The molecule has 3 heterocycles. The van der Waals surface area contributed by atoms with E-state index in [0.717, 1.165) is 0 Å². The second-order valence-electron chi connectivity index (χ2n) is 2.90. The van der Waals surface area contributed by atoms with Crippen LogP contribution in [0.3, 0.4) is 0 Å². The van der Waals surface area contributed by atoms with E-state index in [1.807, 2.05) is 5.38 Å². The molecule has 0 spiro atoms. The predicted molar refractivity (Wildman–Crippen MR) is 55.6 cm³/mol. The van der Waals surface area contributed by atoms with E-state index < -0.39 is 0 Å². The molecule has 0 aliphatic rings. The summed E-state index contributed by atoms with van der Waals surface area (Å²) in [7, 11) is 0. The minimum Gasteiger partial charge on any atom is -0.339 e. The van der Waals surface area contributed by atoms with Gasteiger partial charge in [0.15, 0.2) is 17.0 Å². The van der Waals surface area contributed by atoms with Gasteiger partial charge in [0, 0.05) is 5.38 Å². The molecule has 3 rings (SSSR count). The predicted octanol–water partition coefficient (Wildman–Crippen LogP) is 0.770. The Morgan fingerprint density at radius 3 is 3.13 bits per heavy atom. The maximum absolute atomic E-state index is 11.6. The number of nitrogens with zero attached hydrogens (tertiary/aromatic N) is 3. The third-order valence-electron chi connectivity index (χ3n) is 1.98. The van der Waals surface area contributed by atoms with Gasteiger partial charge in [0.05, 0.1) is 6.33 Å². The van der Waals surface area contributed by atoms with Crippen LogP contribution in [0.1, 0.15) is 0 Å². The zero-order chi connectivity index (χ0) is 10.3. The third kappa shape index (κ3) is 1.24. The van der Waals surface area contributed by atoms with E-state index in [0.29, 0.717) is 22.7 Å². The molecule has 74 valence electrons. The Labute approximate surface area is 87.2 Å². The fourth-order valence-electron chi connectivity index (χ4n) is 1.30. The number of aromatic nitrogens is 5. The standard InChI is InChI=1S/C8H5N5OS/c14-8-5-7(10-3-9-5)11-6(12-8)4-1-2-15-13-4/h1-3H,(H2,9,10,11,12,14). The summed E-state index contributed by atoms with van der Waals surface area (Å²) in [6, 6.07) is 1.79. The van der Waals surface area contributed by atoms with Gasteiger partial charge in [-0.25, -0.2) is 9.97 Å². The number of aromatic amines is 2. The van der Waals surface area contributed by atoms with Crippen LogP contribution in [0.15, 0.2) is 22.6 Å².